The van der Waals surface area contributed by atoms with Crippen LogP contribution in [0.25, 0.3) is 10.9 Å². The number of anilines is 1. The maximum atomic E-state index is 13.2. The quantitative estimate of drug-likeness (QED) is 0.279. The molecule has 3 aromatic rings. The minimum atomic E-state index is -0.667. The summed E-state index contributed by atoms with van der Waals surface area (Å²) in [5.74, 6) is 0.884. The molecule has 228 valence electrons. The van der Waals surface area contributed by atoms with Crippen molar-refractivity contribution in [1.29, 1.82) is 0 Å². The van der Waals surface area contributed by atoms with E-state index in [-0.39, 0.29) is 19.7 Å². The van der Waals surface area contributed by atoms with Gasteiger partial charge < -0.3 is 29.6 Å². The van der Waals surface area contributed by atoms with Crippen LogP contribution >= 0.6 is 0 Å². The average Bonchev–Trinajstić information content (AvgIpc) is 3.21. The molecule has 1 aromatic heterocycles. The average molecular weight is 581 g/mol. The van der Waals surface area contributed by atoms with E-state index in [1.807, 2.05) is 71.9 Å². The summed E-state index contributed by atoms with van der Waals surface area (Å²) in [6.45, 7) is 11.6. The van der Waals surface area contributed by atoms with E-state index >= 15 is 0 Å². The second-order valence-corrected chi connectivity index (χ2v) is 12.8. The van der Waals surface area contributed by atoms with Gasteiger partial charge in [0.2, 0.25) is 0 Å². The Morgan fingerprint density at radius 2 is 1.76 bits per heavy atom. The number of nitrogens with zero attached hydrogens (tertiary/aromatic N) is 3. The molecule has 0 saturated heterocycles. The van der Waals surface area contributed by atoms with Crippen molar-refractivity contribution in [2.75, 3.05) is 32.5 Å². The number of fused-ring (bicyclic) bond motifs is 1. The standard InChI is InChI=1S/C32H44N4O6/c1-31(2,3)41-29(37)35(20-27(39-7)22-12-9-13-23(33)18-22)16-17-40-24-14-15-25-26(19-24)36(30(38)42-32(4,5)6)34-28(25)21-10-8-11-21/h9,12-15,18-19,21,27H,8,10-11,16-17,20,33H2,1-7H3/t27-/m0/s1. The first-order valence-corrected chi connectivity index (χ1v) is 14.5. The van der Waals surface area contributed by atoms with Gasteiger partial charge in [-0.05, 0) is 84.2 Å². The summed E-state index contributed by atoms with van der Waals surface area (Å²) in [6, 6.07) is 13.0. The molecule has 4 rings (SSSR count). The van der Waals surface area contributed by atoms with Gasteiger partial charge in [-0.1, -0.05) is 18.6 Å². The third kappa shape index (κ3) is 7.94. The molecule has 0 radical (unpaired) electrons. The molecule has 42 heavy (non-hydrogen) atoms. The number of aromatic nitrogens is 2. The van der Waals surface area contributed by atoms with E-state index in [0.29, 0.717) is 22.9 Å². The number of methoxy groups -OCH3 is 1. The van der Waals surface area contributed by atoms with Crippen LogP contribution in [-0.2, 0) is 14.2 Å². The number of amides is 1. The Kier molecular flexibility index (Phi) is 9.35. The molecule has 1 amide bonds. The predicted molar refractivity (Wildman–Crippen MR) is 162 cm³/mol. The number of carbonyl (C=O) groups is 2. The van der Waals surface area contributed by atoms with Crippen molar-refractivity contribution in [3.63, 3.8) is 0 Å². The van der Waals surface area contributed by atoms with E-state index in [1.165, 1.54) is 4.68 Å². The summed E-state index contributed by atoms with van der Waals surface area (Å²) in [4.78, 5) is 27.8. The Morgan fingerprint density at radius 3 is 2.36 bits per heavy atom. The Labute approximate surface area is 248 Å². The highest BCUT2D eigenvalue weighted by molar-refractivity contribution is 5.91. The van der Waals surface area contributed by atoms with Gasteiger partial charge in [-0.25, -0.2) is 9.59 Å². The normalized spacial score (nSPS) is 14.7. The van der Waals surface area contributed by atoms with E-state index in [1.54, 1.807) is 24.1 Å². The number of ether oxygens (including phenoxy) is 4. The van der Waals surface area contributed by atoms with E-state index in [0.717, 1.165) is 35.9 Å². The van der Waals surface area contributed by atoms with Crippen molar-refractivity contribution >= 4 is 28.8 Å². The van der Waals surface area contributed by atoms with Gasteiger partial charge >= 0.3 is 12.2 Å². The van der Waals surface area contributed by atoms with Crippen molar-refractivity contribution in [2.24, 2.45) is 0 Å². The minimum absolute atomic E-state index is 0.189. The van der Waals surface area contributed by atoms with Gasteiger partial charge in [0.1, 0.15) is 23.6 Å². The van der Waals surface area contributed by atoms with Crippen molar-refractivity contribution in [3.8, 4) is 5.75 Å². The first-order chi connectivity index (χ1) is 19.7. The van der Waals surface area contributed by atoms with Crippen molar-refractivity contribution < 1.29 is 28.5 Å². The number of hydrogen-bond acceptors (Lipinski definition) is 8. The Bertz CT molecular complexity index is 1400. The molecule has 2 aromatic carbocycles. The zero-order valence-corrected chi connectivity index (χ0v) is 25.8. The topological polar surface area (TPSA) is 118 Å². The molecule has 1 saturated carbocycles. The summed E-state index contributed by atoms with van der Waals surface area (Å²) in [6.07, 6.45) is 1.85. The number of benzene rings is 2. The number of hydrogen-bond donors (Lipinski definition) is 1. The van der Waals surface area contributed by atoms with Crippen LogP contribution in [0.4, 0.5) is 15.3 Å². The summed E-state index contributed by atoms with van der Waals surface area (Å²) < 4.78 is 24.5. The van der Waals surface area contributed by atoms with E-state index < -0.39 is 29.5 Å². The van der Waals surface area contributed by atoms with Crippen molar-refractivity contribution in [2.45, 2.75) is 84.0 Å². The van der Waals surface area contributed by atoms with Crippen LogP contribution in [0.5, 0.6) is 5.75 Å². The van der Waals surface area contributed by atoms with Crippen LogP contribution in [0.15, 0.2) is 42.5 Å². The molecule has 1 heterocycles. The molecule has 1 atom stereocenters. The van der Waals surface area contributed by atoms with Gasteiger partial charge in [0.05, 0.1) is 30.4 Å². The third-order valence-electron chi connectivity index (χ3n) is 6.97. The van der Waals surface area contributed by atoms with Crippen LogP contribution in [-0.4, -0.2) is 64.9 Å². The molecule has 2 N–H and O–H groups in total. The Balaban J connectivity index is 1.53. The zero-order valence-electron chi connectivity index (χ0n) is 25.8. The second kappa shape index (κ2) is 12.6. The largest absolute Gasteiger partial charge is 0.492 e. The smallest absolute Gasteiger partial charge is 0.435 e. The Hall–Kier alpha value is -3.79. The molecule has 0 spiro atoms. The molecule has 1 fully saturated rings. The Morgan fingerprint density at radius 1 is 1.05 bits per heavy atom. The van der Waals surface area contributed by atoms with Gasteiger partial charge in [-0.3, -0.25) is 0 Å². The maximum absolute atomic E-state index is 13.2. The number of nitrogen functional groups attached to an aromatic ring is 1. The molecule has 1 aliphatic rings. The van der Waals surface area contributed by atoms with Crippen LogP contribution in [0.2, 0.25) is 0 Å². The SMILES string of the molecule is CO[C@@H](CN(CCOc1ccc2c(C3CCC3)nn(C(=O)OC(C)(C)C)c2c1)C(=O)OC(C)(C)C)c1cccc(N)c1. The molecular weight excluding hydrogens is 536 g/mol. The lowest BCUT2D eigenvalue weighted by atomic mass is 9.82. The summed E-state index contributed by atoms with van der Waals surface area (Å²) >= 11 is 0. The first-order valence-electron chi connectivity index (χ1n) is 14.5. The van der Waals surface area contributed by atoms with E-state index in [4.69, 9.17) is 24.7 Å². The minimum Gasteiger partial charge on any atom is -0.492 e. The monoisotopic (exact) mass is 580 g/mol. The van der Waals surface area contributed by atoms with Crippen molar-refractivity contribution in [3.05, 3.63) is 53.7 Å². The van der Waals surface area contributed by atoms with Gasteiger partial charge in [-0.15, -0.1) is 0 Å². The van der Waals surface area contributed by atoms with Crippen LogP contribution in [0.3, 0.4) is 0 Å². The number of carbonyl (C=O) groups excluding carboxylic acids is 2. The highest BCUT2D eigenvalue weighted by Crippen LogP contribution is 2.40. The van der Waals surface area contributed by atoms with E-state index in [9.17, 15) is 9.59 Å². The molecule has 10 nitrogen and oxygen atoms in total. The van der Waals surface area contributed by atoms with E-state index in [2.05, 4.69) is 5.10 Å². The summed E-state index contributed by atoms with van der Waals surface area (Å²) in [5, 5.41) is 5.59. The maximum Gasteiger partial charge on any atom is 0.435 e. The molecule has 1 aliphatic carbocycles. The fourth-order valence-corrected chi connectivity index (χ4v) is 4.77. The lowest BCUT2D eigenvalue weighted by Gasteiger charge is -2.30. The molecule has 0 bridgehead atoms. The van der Waals surface area contributed by atoms with Gasteiger partial charge in [0.25, 0.3) is 0 Å². The third-order valence-corrected chi connectivity index (χ3v) is 6.97. The number of nitrogens with two attached hydrogens (primary N) is 1. The predicted octanol–water partition coefficient (Wildman–Crippen LogP) is 6.67. The highest BCUT2D eigenvalue weighted by atomic mass is 16.6. The van der Waals surface area contributed by atoms with Gasteiger partial charge in [-0.2, -0.15) is 9.78 Å². The van der Waals surface area contributed by atoms with Crippen LogP contribution in [0, 0.1) is 0 Å². The van der Waals surface area contributed by atoms with Gasteiger partial charge in [0.15, 0.2) is 0 Å². The highest BCUT2D eigenvalue weighted by Gasteiger charge is 2.29. The summed E-state index contributed by atoms with van der Waals surface area (Å²) in [7, 11) is 1.60. The lowest BCUT2D eigenvalue weighted by molar-refractivity contribution is 0.00509. The molecular formula is C32H44N4O6. The molecule has 10 heteroatoms. The van der Waals surface area contributed by atoms with Crippen molar-refractivity contribution in [1.82, 2.24) is 14.7 Å². The second-order valence-electron chi connectivity index (χ2n) is 12.8. The summed E-state index contributed by atoms with van der Waals surface area (Å²) in [5.41, 5.74) is 7.68. The van der Waals surface area contributed by atoms with Gasteiger partial charge in [0, 0.05) is 30.2 Å². The fourth-order valence-electron chi connectivity index (χ4n) is 4.77. The fraction of sp³-hybridized carbons (Fsp3) is 0.531. The zero-order chi connectivity index (χ0) is 30.7. The lowest BCUT2D eigenvalue weighted by Crippen LogP contribution is -2.41. The first kappa shape index (κ1) is 31.2. The van der Waals surface area contributed by atoms with Crippen LogP contribution < -0.4 is 10.5 Å². The number of rotatable bonds is 9. The molecule has 0 unspecified atom stereocenters. The van der Waals surface area contributed by atoms with Crippen LogP contribution in [0.1, 0.15) is 84.1 Å². The molecule has 0 aliphatic heterocycles.